The van der Waals surface area contributed by atoms with E-state index in [1.807, 2.05) is 19.0 Å². The Kier molecular flexibility index (Phi) is 6.03. The highest BCUT2D eigenvalue weighted by molar-refractivity contribution is 7.97. The largest absolute Gasteiger partial charge is 0.424 e. The van der Waals surface area contributed by atoms with Crippen LogP contribution in [-0.4, -0.2) is 42.0 Å². The highest BCUT2D eigenvalue weighted by Gasteiger charge is 2.23. The first-order valence-electron chi connectivity index (χ1n) is 8.88. The zero-order chi connectivity index (χ0) is 16.9. The highest BCUT2D eigenvalue weighted by Crippen LogP contribution is 2.30. The van der Waals surface area contributed by atoms with Crippen LogP contribution >= 0.6 is 11.9 Å². The molecule has 1 aliphatic carbocycles. The van der Waals surface area contributed by atoms with Crippen molar-refractivity contribution in [2.45, 2.75) is 44.0 Å². The summed E-state index contributed by atoms with van der Waals surface area (Å²) in [6.45, 7) is 7.73. The minimum absolute atomic E-state index is 0.556. The number of hydrogen-bond acceptors (Lipinski definition) is 6. The molecule has 24 heavy (non-hydrogen) atoms. The maximum atomic E-state index is 5.86. The van der Waals surface area contributed by atoms with Gasteiger partial charge in [-0.25, -0.2) is 4.31 Å². The Hall–Kier alpha value is -1.24. The van der Waals surface area contributed by atoms with Gasteiger partial charge in [0, 0.05) is 24.0 Å². The van der Waals surface area contributed by atoms with Crippen molar-refractivity contribution in [3.05, 3.63) is 18.2 Å². The van der Waals surface area contributed by atoms with E-state index in [1.54, 1.807) is 0 Å². The summed E-state index contributed by atoms with van der Waals surface area (Å²) < 4.78 is 8.30. The number of rotatable bonds is 10. The van der Waals surface area contributed by atoms with Gasteiger partial charge in [-0.05, 0) is 68.9 Å². The molecule has 0 unspecified atom stereocenters. The third-order valence-electron chi connectivity index (χ3n) is 3.90. The molecule has 0 radical (unpaired) electrons. The van der Waals surface area contributed by atoms with Crippen LogP contribution in [-0.2, 0) is 0 Å². The first kappa shape index (κ1) is 17.6. The van der Waals surface area contributed by atoms with Crippen molar-refractivity contribution < 1.29 is 4.42 Å². The smallest absolute Gasteiger partial charge is 0.295 e. The average Bonchev–Trinajstić information content (AvgIpc) is 3.24. The quantitative estimate of drug-likeness (QED) is 0.500. The molecule has 0 amide bonds. The van der Waals surface area contributed by atoms with E-state index in [1.165, 1.54) is 17.7 Å². The fraction of sp³-hybridized carbons (Fsp3) is 0.611. The Bertz CT molecular complexity index is 654. The number of aromatic nitrogens is 1. The van der Waals surface area contributed by atoms with E-state index < -0.39 is 0 Å². The summed E-state index contributed by atoms with van der Waals surface area (Å²) in [7, 11) is 2.00. The average molecular weight is 349 g/mol. The van der Waals surface area contributed by atoms with E-state index in [-0.39, 0.29) is 0 Å². The Morgan fingerprint density at radius 3 is 2.92 bits per heavy atom. The van der Waals surface area contributed by atoms with Crippen LogP contribution in [0.25, 0.3) is 11.1 Å². The third-order valence-corrected chi connectivity index (χ3v) is 4.96. The molecule has 0 saturated heterocycles. The summed E-state index contributed by atoms with van der Waals surface area (Å²) in [4.78, 5) is 5.72. The van der Waals surface area contributed by atoms with Crippen LogP contribution in [0.3, 0.4) is 0 Å². The normalized spacial score (nSPS) is 14.9. The number of hydrogen-bond donors (Lipinski definition) is 2. The van der Waals surface area contributed by atoms with Gasteiger partial charge >= 0.3 is 0 Å². The van der Waals surface area contributed by atoms with Gasteiger partial charge in [0.2, 0.25) is 0 Å². The Morgan fingerprint density at radius 1 is 1.38 bits per heavy atom. The zero-order valence-electron chi connectivity index (χ0n) is 14.8. The van der Waals surface area contributed by atoms with Crippen molar-refractivity contribution in [3.63, 3.8) is 0 Å². The summed E-state index contributed by atoms with van der Waals surface area (Å²) in [6, 6.07) is 7.52. The van der Waals surface area contributed by atoms with Crippen molar-refractivity contribution in [2.75, 3.05) is 32.0 Å². The van der Waals surface area contributed by atoms with Crippen LogP contribution < -0.4 is 10.6 Å². The molecule has 3 rings (SSSR count). The molecule has 1 aliphatic rings. The molecule has 6 heteroatoms. The minimum Gasteiger partial charge on any atom is -0.424 e. The summed E-state index contributed by atoms with van der Waals surface area (Å²) in [5, 5.41) is 6.55. The van der Waals surface area contributed by atoms with Gasteiger partial charge < -0.3 is 15.1 Å². The number of oxazole rings is 1. The monoisotopic (exact) mass is 348 g/mol. The molecule has 132 valence electrons. The predicted molar refractivity (Wildman–Crippen MR) is 101 cm³/mol. The first-order valence-corrected chi connectivity index (χ1v) is 9.66. The van der Waals surface area contributed by atoms with Gasteiger partial charge in [-0.15, -0.1) is 0 Å². The van der Waals surface area contributed by atoms with Crippen molar-refractivity contribution >= 4 is 29.1 Å². The van der Waals surface area contributed by atoms with E-state index in [2.05, 4.69) is 52.0 Å². The van der Waals surface area contributed by atoms with Gasteiger partial charge in [0.15, 0.2) is 5.58 Å². The Labute approximate surface area is 148 Å². The van der Waals surface area contributed by atoms with E-state index in [0.717, 1.165) is 37.2 Å². The second-order valence-electron chi connectivity index (χ2n) is 6.90. The van der Waals surface area contributed by atoms with Crippen LogP contribution in [0.2, 0.25) is 0 Å². The second-order valence-corrected chi connectivity index (χ2v) is 8.07. The maximum absolute atomic E-state index is 5.86. The van der Waals surface area contributed by atoms with Gasteiger partial charge in [-0.3, -0.25) is 0 Å². The van der Waals surface area contributed by atoms with Crippen LogP contribution in [0.4, 0.5) is 6.01 Å². The van der Waals surface area contributed by atoms with Crippen molar-refractivity contribution in [1.82, 2.24) is 14.6 Å². The van der Waals surface area contributed by atoms with Crippen LogP contribution in [0.15, 0.2) is 27.5 Å². The molecule has 1 heterocycles. The van der Waals surface area contributed by atoms with E-state index in [0.29, 0.717) is 18.0 Å². The number of nitrogens with zero attached hydrogens (tertiary/aromatic N) is 2. The number of fused-ring (bicyclic) bond motifs is 1. The molecule has 0 atom stereocenters. The molecule has 0 aliphatic heterocycles. The highest BCUT2D eigenvalue weighted by atomic mass is 32.2. The molecule has 1 aromatic carbocycles. The molecule has 1 saturated carbocycles. The summed E-state index contributed by atoms with van der Waals surface area (Å²) in [5.74, 6) is 0.649. The lowest BCUT2D eigenvalue weighted by molar-refractivity contribution is 0.398. The van der Waals surface area contributed by atoms with E-state index >= 15 is 0 Å². The molecule has 1 fully saturated rings. The third kappa shape index (κ3) is 5.13. The molecule has 0 bridgehead atoms. The molecular weight excluding hydrogens is 320 g/mol. The molecule has 2 N–H and O–H groups in total. The molecule has 2 aromatic rings. The second kappa shape index (κ2) is 8.23. The lowest BCUT2D eigenvalue weighted by Gasteiger charge is -2.23. The van der Waals surface area contributed by atoms with Crippen molar-refractivity contribution in [1.29, 1.82) is 0 Å². The van der Waals surface area contributed by atoms with E-state index in [9.17, 15) is 0 Å². The van der Waals surface area contributed by atoms with Gasteiger partial charge in [-0.1, -0.05) is 13.8 Å². The lowest BCUT2D eigenvalue weighted by atomic mass is 10.2. The predicted octanol–water partition coefficient (Wildman–Crippen LogP) is 3.98. The summed E-state index contributed by atoms with van der Waals surface area (Å²) >= 11 is 1.82. The minimum atomic E-state index is 0.556. The van der Waals surface area contributed by atoms with Crippen molar-refractivity contribution in [3.8, 4) is 0 Å². The van der Waals surface area contributed by atoms with Gasteiger partial charge in [0.1, 0.15) is 5.52 Å². The fourth-order valence-electron chi connectivity index (χ4n) is 2.59. The zero-order valence-corrected chi connectivity index (χ0v) is 15.7. The number of anilines is 1. The number of nitrogens with one attached hydrogen (secondary N) is 2. The molecule has 5 nitrogen and oxygen atoms in total. The van der Waals surface area contributed by atoms with Crippen LogP contribution in [0, 0.1) is 5.92 Å². The van der Waals surface area contributed by atoms with Crippen LogP contribution in [0.5, 0.6) is 0 Å². The van der Waals surface area contributed by atoms with Gasteiger partial charge in [0.05, 0.1) is 0 Å². The molecular formula is C18H28N4OS. The van der Waals surface area contributed by atoms with Crippen LogP contribution in [0.1, 0.15) is 33.1 Å². The fourth-order valence-corrected chi connectivity index (χ4v) is 3.77. The SMILES string of the molecule is CNCCCN(CC(C)C)Sc1ccc2nc(NC3CC3)oc2c1. The standard InChI is InChI=1S/C18H28N4OS/c1-13(2)12-22(10-4-9-19-3)24-15-7-8-16-17(11-15)23-18(21-16)20-14-5-6-14/h7-8,11,13-14,19H,4-6,9-10,12H2,1-3H3,(H,20,21). The number of benzene rings is 1. The maximum Gasteiger partial charge on any atom is 0.295 e. The van der Waals surface area contributed by atoms with E-state index in [4.69, 9.17) is 4.42 Å². The molecule has 1 aromatic heterocycles. The summed E-state index contributed by atoms with van der Waals surface area (Å²) in [6.07, 6.45) is 3.59. The van der Waals surface area contributed by atoms with Crippen molar-refractivity contribution in [2.24, 2.45) is 5.92 Å². The first-order chi connectivity index (χ1) is 11.6. The molecule has 0 spiro atoms. The topological polar surface area (TPSA) is 53.3 Å². The van der Waals surface area contributed by atoms with Gasteiger partial charge in [-0.2, -0.15) is 4.98 Å². The Morgan fingerprint density at radius 2 is 2.21 bits per heavy atom. The lowest BCUT2D eigenvalue weighted by Crippen LogP contribution is -2.24. The summed E-state index contributed by atoms with van der Waals surface area (Å²) in [5.41, 5.74) is 1.79. The Balaban J connectivity index is 1.66. The van der Waals surface area contributed by atoms with Gasteiger partial charge in [0.25, 0.3) is 6.01 Å².